The third kappa shape index (κ3) is 38.1. The zero-order valence-electron chi connectivity index (χ0n) is 60.5. The molecule has 32 N–H and O–H groups in total. The number of aliphatic carboxylic acids is 4. The van der Waals surface area contributed by atoms with Gasteiger partial charge in [-0.05, 0) is 82.6 Å². The molecule has 0 rings (SSSR count). The number of primary amides is 3. The maximum absolute atomic E-state index is 14.3. The molecule has 0 unspecified atom stereocenters. The number of carbonyl (C=O) groups excluding carboxylic acids is 15. The molecule has 15 amide bonds. The second-order valence-electron chi connectivity index (χ2n) is 25.8. The number of carboxylic acids is 4. The Morgan fingerprint density at radius 3 is 1.14 bits per heavy atom. The van der Waals surface area contributed by atoms with Crippen molar-refractivity contribution in [3.63, 3.8) is 0 Å². The number of aliphatic hydroxyl groups excluding tert-OH is 2. The second-order valence-corrected chi connectivity index (χ2v) is 25.8. The molecule has 604 valence electrons. The lowest BCUT2D eigenvalue weighted by molar-refractivity contribution is -0.147. The number of carboxylic acid groups (broad SMARTS) is 4. The molecule has 0 saturated carbocycles. The smallest absolute Gasteiger partial charge is 0.326 e. The van der Waals surface area contributed by atoms with Gasteiger partial charge >= 0.3 is 23.9 Å². The van der Waals surface area contributed by atoms with Crippen LogP contribution in [0.1, 0.15) is 145 Å². The van der Waals surface area contributed by atoms with E-state index >= 15 is 0 Å². The third-order valence-corrected chi connectivity index (χ3v) is 15.9. The van der Waals surface area contributed by atoms with Gasteiger partial charge in [-0.1, -0.05) is 48.0 Å². The monoisotopic (exact) mass is 1530 g/mol. The van der Waals surface area contributed by atoms with Crippen molar-refractivity contribution < 1.29 is 122 Å². The van der Waals surface area contributed by atoms with Gasteiger partial charge in [-0.25, -0.2) is 4.79 Å². The SMILES string of the molecule is CC[C@H](C)[C@H](NC(=O)[C@H](CC(N)=O)NC(=O)[C@@H](N)C(C)C)C(=O)N[C@H](C(=O)N[C@@H](CC(=O)O)C(=O)N[C@@H](CC(C)C)C(=O)N[C@@H](CO)C(=O)N[C@@H](CCC(=O)O)C(=O)N[C@@H](CC(N)=O)C(=O)N[C@@H](CCCN=C(N)N)C(=O)N[C@@H](CCCCN)C(=O)N[C@@H](CCC(N)=O)C(=O)N[C@@H](CC(=O)O)C(=O)O)[C@@H](C)O. The van der Waals surface area contributed by atoms with Crippen LogP contribution < -0.4 is 104 Å². The highest BCUT2D eigenvalue weighted by molar-refractivity contribution is 6.02. The van der Waals surface area contributed by atoms with E-state index in [4.69, 9.17) is 40.1 Å². The number of hydrogen-bond donors (Lipinski definition) is 25. The fourth-order valence-electron chi connectivity index (χ4n) is 9.72. The molecule has 0 saturated heterocycles. The number of aliphatic imine (C=N–C) groups is 1. The summed E-state index contributed by atoms with van der Waals surface area (Å²) in [5.74, 6) is -27.1. The van der Waals surface area contributed by atoms with Crippen molar-refractivity contribution in [1.82, 2.24) is 63.8 Å². The number of amides is 15. The lowest BCUT2D eigenvalue weighted by Gasteiger charge is -2.30. The van der Waals surface area contributed by atoms with Gasteiger partial charge in [-0.3, -0.25) is 91.3 Å². The Morgan fingerprint density at radius 2 is 0.738 bits per heavy atom. The summed E-state index contributed by atoms with van der Waals surface area (Å²) >= 11 is 0. The van der Waals surface area contributed by atoms with Gasteiger partial charge in [0.2, 0.25) is 88.6 Å². The Balaban J connectivity index is 7.17. The van der Waals surface area contributed by atoms with Gasteiger partial charge in [0.05, 0.1) is 44.4 Å². The van der Waals surface area contributed by atoms with Crippen LogP contribution in [-0.4, -0.2) is 253 Å². The zero-order valence-corrected chi connectivity index (χ0v) is 60.5. The van der Waals surface area contributed by atoms with E-state index < -0.39 is 285 Å². The lowest BCUT2D eigenvalue weighted by Crippen LogP contribution is -2.63. The van der Waals surface area contributed by atoms with Crippen molar-refractivity contribution in [2.24, 2.45) is 62.9 Å². The maximum Gasteiger partial charge on any atom is 0.326 e. The van der Waals surface area contributed by atoms with Crippen LogP contribution in [0.4, 0.5) is 0 Å². The van der Waals surface area contributed by atoms with Crippen molar-refractivity contribution in [1.29, 1.82) is 0 Å². The summed E-state index contributed by atoms with van der Waals surface area (Å²) in [6.07, 6.45) is -9.49. The summed E-state index contributed by atoms with van der Waals surface area (Å²) < 4.78 is 0. The first-order valence-electron chi connectivity index (χ1n) is 34.0. The van der Waals surface area contributed by atoms with Crippen LogP contribution in [0.3, 0.4) is 0 Å². The van der Waals surface area contributed by atoms with Gasteiger partial charge in [0.15, 0.2) is 5.96 Å². The average molecular weight is 1530 g/mol. The Morgan fingerprint density at radius 1 is 0.383 bits per heavy atom. The Hall–Kier alpha value is -11.0. The molecular formula is C62H106N20O25. The molecule has 45 nitrogen and oxygen atoms in total. The van der Waals surface area contributed by atoms with Crippen LogP contribution in [0.25, 0.3) is 0 Å². The molecule has 0 aliphatic heterocycles. The molecule has 0 aromatic rings. The minimum Gasteiger partial charge on any atom is -0.481 e. The number of nitrogens with two attached hydrogens (primary N) is 7. The number of rotatable bonds is 54. The standard InChI is InChI=1S/C62H106N20O25/c1-8-28(6)47(81-56(101)36(22-42(66)87)77-58(103)46(67)27(4)5)59(104)82-48(29(7)84)60(105)78-37(23-44(90)91)55(100)75-34(20-26(2)3)53(98)80-39(25-83)57(102)74-33(15-17-43(88)89)51(96)76-35(21-41(65)86)54(99)72-31(13-11-19-70-62(68)69)50(95)71-30(12-9-10-18-63)49(94)73-32(14-16-40(64)85)52(97)79-38(61(106)107)24-45(92)93/h26-39,46-48,83-84H,8-25,63,67H2,1-7H3,(H2,64,85)(H2,65,86)(H2,66,87)(H,71,95)(H,72,99)(H,73,94)(H,74,102)(H,75,100)(H,76,96)(H,77,103)(H,78,105)(H,79,97)(H,80,98)(H,81,101)(H,82,104)(H,88,89)(H,90,91)(H,92,93)(H,106,107)(H4,68,69,70)/t28-,29+,30-,31-,32-,33-,34-,35-,36-,37-,38-,39-,46-,47-,48-/m0/s1. The first-order valence-corrected chi connectivity index (χ1v) is 34.0. The van der Waals surface area contributed by atoms with Crippen LogP contribution in [0.2, 0.25) is 0 Å². The quantitative estimate of drug-likeness (QED) is 0.0153. The van der Waals surface area contributed by atoms with Gasteiger partial charge in [-0.2, -0.15) is 0 Å². The highest BCUT2D eigenvalue weighted by Gasteiger charge is 2.40. The highest BCUT2D eigenvalue weighted by atomic mass is 16.4. The maximum atomic E-state index is 14.3. The van der Waals surface area contributed by atoms with Gasteiger partial charge < -0.3 is 135 Å². The number of unbranched alkanes of at least 4 members (excludes halogenated alkanes) is 1. The zero-order chi connectivity index (χ0) is 82.3. The fourth-order valence-corrected chi connectivity index (χ4v) is 9.72. The molecule has 0 fully saturated rings. The van der Waals surface area contributed by atoms with Gasteiger partial charge in [0, 0.05) is 19.4 Å². The van der Waals surface area contributed by atoms with E-state index in [1.807, 2.05) is 5.32 Å². The van der Waals surface area contributed by atoms with Crippen LogP contribution >= 0.6 is 0 Å². The summed E-state index contributed by atoms with van der Waals surface area (Å²) in [4.78, 5) is 254. The number of hydrogen-bond acceptors (Lipinski definition) is 24. The lowest BCUT2D eigenvalue weighted by atomic mass is 9.96. The van der Waals surface area contributed by atoms with Crippen molar-refractivity contribution in [3.8, 4) is 0 Å². The van der Waals surface area contributed by atoms with Crippen molar-refractivity contribution in [3.05, 3.63) is 0 Å². The Kier molecular flexibility index (Phi) is 43.9. The Bertz CT molecular complexity index is 3170. The first kappa shape index (κ1) is 96.0. The number of nitrogens with one attached hydrogen (secondary N) is 12. The van der Waals surface area contributed by atoms with E-state index in [0.29, 0.717) is 0 Å². The minimum absolute atomic E-state index is 0.0660. The molecule has 0 aliphatic rings. The van der Waals surface area contributed by atoms with Gasteiger partial charge in [0.1, 0.15) is 72.5 Å². The molecule has 0 bridgehead atoms. The molecule has 0 heterocycles. The topological polar surface area (TPSA) is 785 Å². The van der Waals surface area contributed by atoms with E-state index in [9.17, 15) is 122 Å². The summed E-state index contributed by atoms with van der Waals surface area (Å²) in [6, 6.07) is -23.7. The summed E-state index contributed by atoms with van der Waals surface area (Å²) in [5, 5.41) is 86.1. The summed E-state index contributed by atoms with van der Waals surface area (Å²) in [6.45, 7) is 8.99. The van der Waals surface area contributed by atoms with Crippen molar-refractivity contribution >= 4 is 118 Å². The number of carbonyl (C=O) groups is 19. The Labute approximate surface area is 614 Å². The number of guanidine groups is 1. The largest absolute Gasteiger partial charge is 0.481 e. The van der Waals surface area contributed by atoms with E-state index in [2.05, 4.69) is 63.5 Å². The molecule has 0 aliphatic carbocycles. The van der Waals surface area contributed by atoms with E-state index in [-0.39, 0.29) is 51.6 Å². The van der Waals surface area contributed by atoms with Crippen molar-refractivity contribution in [2.45, 2.75) is 229 Å². The number of aliphatic hydroxyl groups is 2. The van der Waals surface area contributed by atoms with Gasteiger partial charge in [0.25, 0.3) is 0 Å². The minimum atomic E-state index is -2.13. The predicted octanol–water partition coefficient (Wildman–Crippen LogP) is -10.6. The highest BCUT2D eigenvalue weighted by Crippen LogP contribution is 2.14. The average Bonchev–Trinajstić information content (AvgIpc) is 0.852. The van der Waals surface area contributed by atoms with E-state index in [1.165, 1.54) is 6.92 Å². The fraction of sp³-hybridized carbons (Fsp3) is 0.677. The van der Waals surface area contributed by atoms with Gasteiger partial charge in [-0.15, -0.1) is 0 Å². The van der Waals surface area contributed by atoms with Crippen LogP contribution in [0.15, 0.2) is 4.99 Å². The predicted molar refractivity (Wildman–Crippen MR) is 372 cm³/mol. The molecule has 0 aromatic heterocycles. The van der Waals surface area contributed by atoms with E-state index in [0.717, 1.165) is 6.92 Å². The number of nitrogens with zero attached hydrogens (tertiary/aromatic N) is 1. The molecule has 0 spiro atoms. The van der Waals surface area contributed by atoms with Crippen LogP contribution in [0.5, 0.6) is 0 Å². The molecular weight excluding hydrogens is 1420 g/mol. The summed E-state index contributed by atoms with van der Waals surface area (Å²) in [7, 11) is 0. The molecule has 107 heavy (non-hydrogen) atoms. The van der Waals surface area contributed by atoms with Crippen LogP contribution in [-0.2, 0) is 91.1 Å². The van der Waals surface area contributed by atoms with Crippen LogP contribution in [0, 0.1) is 17.8 Å². The third-order valence-electron chi connectivity index (χ3n) is 15.9. The molecule has 45 heteroatoms. The molecule has 15 atom stereocenters. The van der Waals surface area contributed by atoms with E-state index in [1.54, 1.807) is 34.6 Å². The summed E-state index contributed by atoms with van der Waals surface area (Å²) in [5.41, 5.74) is 38.5. The molecule has 0 radical (unpaired) electrons. The normalized spacial score (nSPS) is 15.3. The second kappa shape index (κ2) is 48.9. The molecule has 0 aromatic carbocycles. The van der Waals surface area contributed by atoms with Crippen molar-refractivity contribution in [2.75, 3.05) is 19.7 Å². The first-order chi connectivity index (χ1) is 49.8.